The third-order valence-electron chi connectivity index (χ3n) is 2.59. The number of anilines is 1. The lowest BCUT2D eigenvalue weighted by Crippen LogP contribution is -2.22. The molecule has 0 saturated carbocycles. The van der Waals surface area contributed by atoms with Crippen molar-refractivity contribution in [3.05, 3.63) is 23.9 Å². The zero-order valence-corrected chi connectivity index (χ0v) is 8.31. The first-order valence-electron chi connectivity index (χ1n) is 4.93. The first-order chi connectivity index (χ1) is 7.20. The summed E-state index contributed by atoms with van der Waals surface area (Å²) in [5.74, 6) is 0.678. The Hall–Kier alpha value is -1.20. The second kappa shape index (κ2) is 4.12. The minimum atomic E-state index is -1.19. The van der Waals surface area contributed by atoms with Crippen LogP contribution in [0.25, 0.3) is 0 Å². The maximum atomic E-state index is 13.1. The molecule has 1 aromatic heterocycles. The monoisotopic (exact) mass is 211 g/mol. The van der Waals surface area contributed by atoms with Crippen LogP contribution in [-0.2, 0) is 6.54 Å². The predicted octanol–water partition coefficient (Wildman–Crippen LogP) is 0.0593. The summed E-state index contributed by atoms with van der Waals surface area (Å²) in [6, 6.07) is 3.65. The van der Waals surface area contributed by atoms with E-state index in [1.165, 1.54) is 0 Å². The van der Waals surface area contributed by atoms with Crippen LogP contribution in [0.5, 0.6) is 0 Å². The molecule has 0 spiro atoms. The Morgan fingerprint density at radius 1 is 1.60 bits per heavy atom. The fourth-order valence-corrected chi connectivity index (χ4v) is 1.69. The average molecular weight is 211 g/mol. The third kappa shape index (κ3) is 2.08. The number of β-amino-alcohol motifs (C(OH)–C–C–N with tert-alkyl or cyclic N) is 1. The highest BCUT2D eigenvalue weighted by molar-refractivity contribution is 5.42. The molecule has 1 aromatic rings. The number of hydrogen-bond donors (Lipinski definition) is 2. The summed E-state index contributed by atoms with van der Waals surface area (Å²) in [7, 11) is 0. The summed E-state index contributed by atoms with van der Waals surface area (Å²) in [5, 5.41) is 9.29. The van der Waals surface area contributed by atoms with Crippen LogP contribution in [0.2, 0.25) is 0 Å². The number of nitrogens with two attached hydrogens (primary N) is 1. The molecule has 0 bridgehead atoms. The average Bonchev–Trinajstić information content (AvgIpc) is 2.59. The Morgan fingerprint density at radius 2 is 2.40 bits per heavy atom. The number of hydrogen-bond acceptors (Lipinski definition) is 4. The number of aromatic nitrogens is 1. The van der Waals surface area contributed by atoms with Gasteiger partial charge in [-0.3, -0.25) is 0 Å². The van der Waals surface area contributed by atoms with Gasteiger partial charge in [0.25, 0.3) is 0 Å². The summed E-state index contributed by atoms with van der Waals surface area (Å²) in [5.41, 5.74) is 6.46. The highest BCUT2D eigenvalue weighted by Crippen LogP contribution is 2.20. The van der Waals surface area contributed by atoms with Crippen LogP contribution >= 0.6 is 0 Å². The van der Waals surface area contributed by atoms with E-state index in [0.29, 0.717) is 18.9 Å². The number of aliphatic hydroxyl groups excluding tert-OH is 1. The standard InChI is InChI=1S/C10H14FN3O/c11-8-5-14(6-9(8)15)10-3-7(4-12)1-2-13-10/h1-3,8-9,15H,4-6,12H2. The van der Waals surface area contributed by atoms with E-state index in [9.17, 15) is 9.50 Å². The lowest BCUT2D eigenvalue weighted by atomic mass is 10.2. The number of nitrogens with zero attached hydrogens (tertiary/aromatic N) is 2. The maximum Gasteiger partial charge on any atom is 0.145 e. The minimum Gasteiger partial charge on any atom is -0.388 e. The van der Waals surface area contributed by atoms with Crippen molar-refractivity contribution in [2.45, 2.75) is 18.8 Å². The normalized spacial score (nSPS) is 25.9. The van der Waals surface area contributed by atoms with Gasteiger partial charge in [-0.2, -0.15) is 0 Å². The molecular formula is C10H14FN3O. The fraction of sp³-hybridized carbons (Fsp3) is 0.500. The van der Waals surface area contributed by atoms with E-state index in [4.69, 9.17) is 5.73 Å². The first kappa shape index (κ1) is 10.3. The van der Waals surface area contributed by atoms with E-state index < -0.39 is 12.3 Å². The summed E-state index contributed by atoms with van der Waals surface area (Å²) >= 11 is 0. The van der Waals surface area contributed by atoms with E-state index in [2.05, 4.69) is 4.98 Å². The number of alkyl halides is 1. The van der Waals surface area contributed by atoms with Crippen LogP contribution in [0.3, 0.4) is 0 Å². The summed E-state index contributed by atoms with van der Waals surface area (Å²) in [4.78, 5) is 5.86. The summed E-state index contributed by atoms with van der Waals surface area (Å²) in [6.07, 6.45) is -0.447. The van der Waals surface area contributed by atoms with Gasteiger partial charge in [0.1, 0.15) is 18.1 Å². The predicted molar refractivity (Wildman–Crippen MR) is 55.2 cm³/mol. The number of aliphatic hydroxyl groups is 1. The van der Waals surface area contributed by atoms with Crippen LogP contribution in [-0.4, -0.2) is 35.5 Å². The molecule has 2 unspecified atom stereocenters. The Labute approximate surface area is 87.5 Å². The van der Waals surface area contributed by atoms with Gasteiger partial charge in [-0.15, -0.1) is 0 Å². The molecule has 2 heterocycles. The number of pyridine rings is 1. The first-order valence-corrected chi connectivity index (χ1v) is 4.93. The molecule has 15 heavy (non-hydrogen) atoms. The van der Waals surface area contributed by atoms with E-state index in [0.717, 1.165) is 5.56 Å². The molecular weight excluding hydrogens is 197 g/mol. The minimum absolute atomic E-state index is 0.197. The van der Waals surface area contributed by atoms with E-state index in [1.807, 2.05) is 12.1 Å². The molecule has 1 aliphatic rings. The molecule has 5 heteroatoms. The van der Waals surface area contributed by atoms with Crippen LogP contribution in [0.15, 0.2) is 18.3 Å². The van der Waals surface area contributed by atoms with Gasteiger partial charge in [-0.05, 0) is 17.7 Å². The highest BCUT2D eigenvalue weighted by Gasteiger charge is 2.31. The smallest absolute Gasteiger partial charge is 0.145 e. The Bertz CT molecular complexity index is 337. The molecule has 1 fully saturated rings. The molecule has 0 aliphatic carbocycles. The summed E-state index contributed by atoms with van der Waals surface area (Å²) < 4.78 is 13.1. The van der Waals surface area contributed by atoms with Gasteiger partial charge >= 0.3 is 0 Å². The molecule has 1 aliphatic heterocycles. The van der Waals surface area contributed by atoms with Crippen molar-refractivity contribution >= 4 is 5.82 Å². The Kier molecular flexibility index (Phi) is 2.83. The second-order valence-electron chi connectivity index (χ2n) is 3.71. The molecule has 4 nitrogen and oxygen atoms in total. The lowest BCUT2D eigenvalue weighted by molar-refractivity contribution is 0.118. The van der Waals surface area contributed by atoms with Gasteiger partial charge < -0.3 is 15.7 Å². The fourth-order valence-electron chi connectivity index (χ4n) is 1.69. The van der Waals surface area contributed by atoms with Crippen LogP contribution in [0, 0.1) is 0 Å². The van der Waals surface area contributed by atoms with Gasteiger partial charge in [0.05, 0.1) is 6.54 Å². The van der Waals surface area contributed by atoms with Crippen molar-refractivity contribution in [1.82, 2.24) is 4.98 Å². The van der Waals surface area contributed by atoms with Crippen molar-refractivity contribution in [3.63, 3.8) is 0 Å². The van der Waals surface area contributed by atoms with Gasteiger partial charge in [0.15, 0.2) is 0 Å². The quantitative estimate of drug-likeness (QED) is 0.726. The molecule has 3 N–H and O–H groups in total. The molecule has 0 radical (unpaired) electrons. The van der Waals surface area contributed by atoms with Crippen molar-refractivity contribution in [2.75, 3.05) is 18.0 Å². The highest BCUT2D eigenvalue weighted by atomic mass is 19.1. The van der Waals surface area contributed by atoms with Crippen LogP contribution in [0.1, 0.15) is 5.56 Å². The zero-order chi connectivity index (χ0) is 10.8. The van der Waals surface area contributed by atoms with Gasteiger partial charge in [-0.1, -0.05) is 0 Å². The zero-order valence-electron chi connectivity index (χ0n) is 8.31. The lowest BCUT2D eigenvalue weighted by Gasteiger charge is -2.16. The Morgan fingerprint density at radius 3 is 3.00 bits per heavy atom. The second-order valence-corrected chi connectivity index (χ2v) is 3.71. The third-order valence-corrected chi connectivity index (χ3v) is 2.59. The number of rotatable bonds is 2. The van der Waals surface area contributed by atoms with Crippen LogP contribution in [0.4, 0.5) is 10.2 Å². The SMILES string of the molecule is NCc1ccnc(N2CC(O)C(F)C2)c1. The molecule has 0 amide bonds. The van der Waals surface area contributed by atoms with Crippen molar-refractivity contribution in [1.29, 1.82) is 0 Å². The summed E-state index contributed by atoms with van der Waals surface area (Å²) in [6.45, 7) is 0.926. The molecule has 2 rings (SSSR count). The largest absolute Gasteiger partial charge is 0.388 e. The van der Waals surface area contributed by atoms with Crippen molar-refractivity contribution < 1.29 is 9.50 Å². The van der Waals surface area contributed by atoms with Gasteiger partial charge in [0, 0.05) is 19.3 Å². The molecule has 2 atom stereocenters. The molecule has 1 saturated heterocycles. The molecule has 0 aromatic carbocycles. The topological polar surface area (TPSA) is 62.4 Å². The Balaban J connectivity index is 2.16. The van der Waals surface area contributed by atoms with E-state index in [-0.39, 0.29) is 6.54 Å². The van der Waals surface area contributed by atoms with E-state index in [1.54, 1.807) is 11.1 Å². The van der Waals surface area contributed by atoms with Crippen LogP contribution < -0.4 is 10.6 Å². The van der Waals surface area contributed by atoms with E-state index >= 15 is 0 Å². The van der Waals surface area contributed by atoms with Gasteiger partial charge in [0.2, 0.25) is 0 Å². The molecule has 82 valence electrons. The van der Waals surface area contributed by atoms with Gasteiger partial charge in [-0.25, -0.2) is 9.37 Å². The maximum absolute atomic E-state index is 13.1. The van der Waals surface area contributed by atoms with Crippen molar-refractivity contribution in [3.8, 4) is 0 Å². The van der Waals surface area contributed by atoms with Crippen molar-refractivity contribution in [2.24, 2.45) is 5.73 Å². The number of halogens is 1.